The lowest BCUT2D eigenvalue weighted by Crippen LogP contribution is -2.31. The van der Waals surface area contributed by atoms with Crippen molar-refractivity contribution >= 4 is 46.6 Å². The number of thioether (sulfide) groups is 1. The van der Waals surface area contributed by atoms with Crippen molar-refractivity contribution in [3.63, 3.8) is 0 Å². The van der Waals surface area contributed by atoms with Crippen LogP contribution < -0.4 is 5.32 Å². The molecule has 3 atom stereocenters. The topological polar surface area (TPSA) is 137 Å². The summed E-state index contributed by atoms with van der Waals surface area (Å²) in [5.41, 5.74) is 3.43. The molecular weight excluding hydrogens is 578 g/mol. The second-order valence-corrected chi connectivity index (χ2v) is 12.2. The average Bonchev–Trinajstić information content (AvgIpc) is 3.56. The van der Waals surface area contributed by atoms with Crippen LogP contribution in [0.15, 0.2) is 71.1 Å². The lowest BCUT2D eigenvalue weighted by molar-refractivity contribution is -0.245. The molecule has 6 rings (SSSR count). The highest BCUT2D eigenvalue weighted by atomic mass is 32.2. The number of amides is 1. The van der Waals surface area contributed by atoms with Crippen LogP contribution in [0.2, 0.25) is 0 Å². The second kappa shape index (κ2) is 12.1. The maximum Gasteiger partial charge on any atom is 0.346 e. The molecule has 12 heteroatoms. The highest BCUT2D eigenvalue weighted by Crippen LogP contribution is 2.40. The van der Waals surface area contributed by atoms with Crippen molar-refractivity contribution < 1.29 is 33.7 Å². The second-order valence-electron chi connectivity index (χ2n) is 9.77. The zero-order chi connectivity index (χ0) is 29.2. The normalized spacial score (nSPS) is 19.8. The number of hydrogen-bond acceptors (Lipinski definition) is 11. The Morgan fingerprint density at radius 1 is 1.00 bits per heavy atom. The average molecular weight is 604 g/mol. The molecule has 1 fully saturated rings. The van der Waals surface area contributed by atoms with E-state index in [-0.39, 0.29) is 35.5 Å². The minimum atomic E-state index is -0.771. The smallest absolute Gasteiger partial charge is 0.346 e. The lowest BCUT2D eigenvalue weighted by Gasteiger charge is -2.36. The van der Waals surface area contributed by atoms with Crippen molar-refractivity contribution in [1.82, 2.24) is 10.2 Å². The molecule has 1 aromatic heterocycles. The molecule has 3 heterocycles. The Morgan fingerprint density at radius 3 is 2.57 bits per heavy atom. The number of hydrogen-bond donors (Lipinski definition) is 2. The number of aliphatic hydroxyl groups excluding tert-OH is 1. The number of benzene rings is 3. The third-order valence-corrected chi connectivity index (χ3v) is 8.94. The standard InChI is InChI=1S/C30H25N3O7S2/c1-16-32-33-30(42-16)41-15-22-13-25(18-7-5-17(14-34)6-8-18)39-29(38-22)20-3-2-4-21(11-20)31-26(35)19-9-10-23-24(12-19)28(37)40-27(23)36/h2-12,22,25,29,34H,13-15H2,1H3,(H,31,35)/t22-,25+,29?/m0/s1. The Balaban J connectivity index is 1.20. The van der Waals surface area contributed by atoms with E-state index in [1.165, 1.54) is 29.5 Å². The number of fused-ring (bicyclic) bond motifs is 1. The first kappa shape index (κ1) is 28.2. The van der Waals surface area contributed by atoms with Crippen LogP contribution in [0.5, 0.6) is 0 Å². The van der Waals surface area contributed by atoms with E-state index in [1.54, 1.807) is 30.0 Å². The molecule has 2 aliphatic rings. The van der Waals surface area contributed by atoms with Crippen LogP contribution in [0.3, 0.4) is 0 Å². The minimum absolute atomic E-state index is 0.0375. The maximum atomic E-state index is 13.0. The van der Waals surface area contributed by atoms with Gasteiger partial charge in [0.2, 0.25) is 0 Å². The summed E-state index contributed by atoms with van der Waals surface area (Å²) < 4.78 is 18.3. The van der Waals surface area contributed by atoms with Crippen LogP contribution in [-0.4, -0.2) is 45.0 Å². The first-order valence-electron chi connectivity index (χ1n) is 13.1. The molecule has 0 aliphatic carbocycles. The van der Waals surface area contributed by atoms with Crippen LogP contribution in [0.4, 0.5) is 5.69 Å². The first-order valence-corrected chi connectivity index (χ1v) is 14.9. The third kappa shape index (κ3) is 6.13. The Morgan fingerprint density at radius 2 is 1.81 bits per heavy atom. The molecule has 0 radical (unpaired) electrons. The largest absolute Gasteiger partial charge is 0.392 e. The number of aryl methyl sites for hydroxylation is 1. The number of rotatable bonds is 8. The van der Waals surface area contributed by atoms with E-state index >= 15 is 0 Å². The SMILES string of the molecule is Cc1nnc(SC[C@@H]2C[C@H](c3ccc(CO)cc3)OC(c3cccc(NC(=O)c4ccc5c(c4)C(=O)OC5=O)c3)O2)s1. The summed E-state index contributed by atoms with van der Waals surface area (Å²) in [5, 5.41) is 21.5. The molecular formula is C30H25N3O7S2. The summed E-state index contributed by atoms with van der Waals surface area (Å²) in [6.45, 7) is 1.88. The van der Waals surface area contributed by atoms with Gasteiger partial charge in [0.25, 0.3) is 5.91 Å². The van der Waals surface area contributed by atoms with Gasteiger partial charge in [-0.05, 0) is 48.4 Å². The molecule has 2 aliphatic heterocycles. The van der Waals surface area contributed by atoms with Crippen LogP contribution in [0.1, 0.15) is 71.6 Å². The number of nitrogens with zero attached hydrogens (tertiary/aromatic N) is 2. The van der Waals surface area contributed by atoms with E-state index in [0.29, 0.717) is 17.9 Å². The zero-order valence-corrected chi connectivity index (χ0v) is 23.9. The van der Waals surface area contributed by atoms with E-state index in [1.807, 2.05) is 37.3 Å². The minimum Gasteiger partial charge on any atom is -0.392 e. The number of carbonyl (C=O) groups is 3. The van der Waals surface area contributed by atoms with E-state index in [9.17, 15) is 19.5 Å². The van der Waals surface area contributed by atoms with Crippen LogP contribution in [0, 0.1) is 6.92 Å². The van der Waals surface area contributed by atoms with Gasteiger partial charge in [0, 0.05) is 29.0 Å². The fourth-order valence-corrected chi connectivity index (χ4v) is 6.58. The molecule has 42 heavy (non-hydrogen) atoms. The molecule has 0 bridgehead atoms. The first-order chi connectivity index (χ1) is 20.4. The summed E-state index contributed by atoms with van der Waals surface area (Å²) in [6.07, 6.45) is -0.502. The summed E-state index contributed by atoms with van der Waals surface area (Å²) >= 11 is 3.12. The lowest BCUT2D eigenvalue weighted by atomic mass is 10.0. The van der Waals surface area contributed by atoms with Gasteiger partial charge < -0.3 is 24.6 Å². The third-order valence-electron chi connectivity index (χ3n) is 6.84. The molecule has 4 aromatic rings. The molecule has 1 amide bonds. The summed E-state index contributed by atoms with van der Waals surface area (Å²) in [7, 11) is 0. The number of aromatic nitrogens is 2. The number of esters is 2. The van der Waals surface area contributed by atoms with Crippen molar-refractivity contribution in [3.05, 3.63) is 105 Å². The Kier molecular flexibility index (Phi) is 8.13. The summed E-state index contributed by atoms with van der Waals surface area (Å²) in [6, 6.07) is 19.1. The van der Waals surface area contributed by atoms with Gasteiger partial charge in [0.15, 0.2) is 10.6 Å². The van der Waals surface area contributed by atoms with Gasteiger partial charge >= 0.3 is 11.9 Å². The maximum absolute atomic E-state index is 13.0. The van der Waals surface area contributed by atoms with Crippen LogP contribution >= 0.6 is 23.1 Å². The monoisotopic (exact) mass is 603 g/mol. The summed E-state index contributed by atoms with van der Waals surface area (Å²) in [5.74, 6) is -1.29. The molecule has 0 saturated carbocycles. The Labute approximate surface area is 249 Å². The number of aliphatic hydroxyl groups is 1. The van der Waals surface area contributed by atoms with Crippen molar-refractivity contribution in [1.29, 1.82) is 0 Å². The highest BCUT2D eigenvalue weighted by Gasteiger charge is 2.33. The molecule has 0 spiro atoms. The van der Waals surface area contributed by atoms with E-state index < -0.39 is 24.1 Å². The van der Waals surface area contributed by atoms with Crippen LogP contribution in [-0.2, 0) is 20.8 Å². The number of carbonyl (C=O) groups excluding carboxylic acids is 3. The number of nitrogens with one attached hydrogen (secondary N) is 1. The zero-order valence-electron chi connectivity index (χ0n) is 22.3. The van der Waals surface area contributed by atoms with Gasteiger partial charge in [0.05, 0.1) is 29.9 Å². The molecule has 3 aromatic carbocycles. The van der Waals surface area contributed by atoms with E-state index in [0.717, 1.165) is 26.0 Å². The van der Waals surface area contributed by atoms with Crippen molar-refractivity contribution in [2.45, 2.75) is 42.8 Å². The van der Waals surface area contributed by atoms with Gasteiger partial charge in [-0.25, -0.2) is 9.59 Å². The van der Waals surface area contributed by atoms with Crippen molar-refractivity contribution in [3.8, 4) is 0 Å². The molecule has 2 N–H and O–H groups in total. The number of cyclic esters (lactones) is 2. The Hall–Kier alpha value is -3.94. The van der Waals surface area contributed by atoms with E-state index in [2.05, 4.69) is 20.3 Å². The molecule has 10 nitrogen and oxygen atoms in total. The predicted molar refractivity (Wildman–Crippen MR) is 154 cm³/mol. The molecule has 214 valence electrons. The van der Waals surface area contributed by atoms with Gasteiger partial charge in [-0.2, -0.15) is 0 Å². The van der Waals surface area contributed by atoms with Gasteiger partial charge in [-0.1, -0.05) is 59.5 Å². The van der Waals surface area contributed by atoms with Gasteiger partial charge in [0.1, 0.15) is 5.01 Å². The molecule has 1 unspecified atom stereocenters. The Bertz CT molecular complexity index is 1660. The fraction of sp³-hybridized carbons (Fsp3) is 0.233. The fourth-order valence-electron chi connectivity index (χ4n) is 4.72. The van der Waals surface area contributed by atoms with Crippen molar-refractivity contribution in [2.75, 3.05) is 11.1 Å². The van der Waals surface area contributed by atoms with Gasteiger partial charge in [-0.15, -0.1) is 10.2 Å². The van der Waals surface area contributed by atoms with E-state index in [4.69, 9.17) is 9.47 Å². The van der Waals surface area contributed by atoms with Crippen molar-refractivity contribution in [2.24, 2.45) is 0 Å². The highest BCUT2D eigenvalue weighted by molar-refractivity contribution is 8.01. The predicted octanol–water partition coefficient (Wildman–Crippen LogP) is 5.24. The summed E-state index contributed by atoms with van der Waals surface area (Å²) in [4.78, 5) is 36.7. The van der Waals surface area contributed by atoms with Crippen LogP contribution in [0.25, 0.3) is 0 Å². The van der Waals surface area contributed by atoms with Gasteiger partial charge in [-0.3, -0.25) is 4.79 Å². The quantitative estimate of drug-likeness (QED) is 0.156. The number of ether oxygens (including phenoxy) is 3. The molecule has 1 saturated heterocycles. The number of anilines is 1.